The van der Waals surface area contributed by atoms with Gasteiger partial charge in [-0.25, -0.2) is 0 Å². The number of rotatable bonds is 4. The molecule has 4 rings (SSSR count). The van der Waals surface area contributed by atoms with Crippen LogP contribution in [0.4, 0.5) is 0 Å². The second-order valence-corrected chi connectivity index (χ2v) is 10.6. The van der Waals surface area contributed by atoms with Gasteiger partial charge in [-0.15, -0.1) is 0 Å². The molecule has 0 aliphatic heterocycles. The maximum atomic E-state index is 6.20. The summed E-state index contributed by atoms with van der Waals surface area (Å²) < 4.78 is 6.20. The van der Waals surface area contributed by atoms with Crippen LogP contribution in [0.15, 0.2) is 0 Å². The minimum atomic E-state index is 0.539. The Kier molecular flexibility index (Phi) is 5.02. The van der Waals surface area contributed by atoms with Crippen molar-refractivity contribution in [1.82, 2.24) is 0 Å². The van der Waals surface area contributed by atoms with Gasteiger partial charge in [0, 0.05) is 6.61 Å². The topological polar surface area (TPSA) is 9.23 Å². The molecule has 0 bridgehead atoms. The molecule has 25 heavy (non-hydrogen) atoms. The molecule has 1 heteroatoms. The second kappa shape index (κ2) is 6.84. The molecule has 0 radical (unpaired) electrons. The van der Waals surface area contributed by atoms with E-state index in [0.717, 1.165) is 48.7 Å². The van der Waals surface area contributed by atoms with Gasteiger partial charge >= 0.3 is 0 Å². The number of fused-ring (bicyclic) bond motifs is 5. The lowest BCUT2D eigenvalue weighted by Crippen LogP contribution is -2.56. The van der Waals surface area contributed by atoms with Gasteiger partial charge in [-0.3, -0.25) is 0 Å². The van der Waals surface area contributed by atoms with E-state index in [1.54, 1.807) is 0 Å². The van der Waals surface area contributed by atoms with Gasteiger partial charge < -0.3 is 4.74 Å². The molecule has 0 amide bonds. The van der Waals surface area contributed by atoms with Crippen LogP contribution in [0.1, 0.15) is 91.9 Å². The van der Waals surface area contributed by atoms with E-state index < -0.39 is 0 Å². The molecule has 0 heterocycles. The lowest BCUT2D eigenvalue weighted by Gasteiger charge is -2.62. The average Bonchev–Trinajstić information content (AvgIpc) is 2.96. The van der Waals surface area contributed by atoms with Gasteiger partial charge in [0.25, 0.3) is 0 Å². The molecule has 4 fully saturated rings. The van der Waals surface area contributed by atoms with Crippen molar-refractivity contribution in [2.24, 2.45) is 46.3 Å². The summed E-state index contributed by atoms with van der Waals surface area (Å²) in [5.41, 5.74) is 1.20. The molecule has 4 saturated carbocycles. The standard InChI is InChI=1S/C24H42O/c1-5-18-8-10-21-20-9-7-19-15-17(3)11-14-24(19,16-25-6-2)22(20)12-13-23(18,21)4/h17-22H,5-16H2,1-4H3/t17?,18?,19?,20?,21?,22?,23?,24-/m1/s1. The zero-order chi connectivity index (χ0) is 17.7. The minimum absolute atomic E-state index is 0.539. The van der Waals surface area contributed by atoms with Crippen molar-refractivity contribution in [3.05, 3.63) is 0 Å². The number of ether oxygens (including phenoxy) is 1. The van der Waals surface area contributed by atoms with E-state index in [1.807, 2.05) is 0 Å². The zero-order valence-electron chi connectivity index (χ0n) is 17.4. The highest BCUT2D eigenvalue weighted by atomic mass is 16.5. The Morgan fingerprint density at radius 1 is 0.920 bits per heavy atom. The molecule has 0 aromatic rings. The van der Waals surface area contributed by atoms with E-state index in [1.165, 1.54) is 64.2 Å². The first-order valence-electron chi connectivity index (χ1n) is 11.6. The Labute approximate surface area is 156 Å². The lowest BCUT2D eigenvalue weighted by atomic mass is 9.44. The predicted octanol–water partition coefficient (Wildman–Crippen LogP) is 6.71. The van der Waals surface area contributed by atoms with Crippen molar-refractivity contribution < 1.29 is 4.74 Å². The minimum Gasteiger partial charge on any atom is -0.381 e. The van der Waals surface area contributed by atoms with Crippen LogP contribution in [-0.2, 0) is 4.74 Å². The second-order valence-electron chi connectivity index (χ2n) is 10.6. The fraction of sp³-hybridized carbons (Fsp3) is 1.00. The quantitative estimate of drug-likeness (QED) is 0.550. The van der Waals surface area contributed by atoms with Crippen LogP contribution in [0.5, 0.6) is 0 Å². The third kappa shape index (κ3) is 2.74. The first-order chi connectivity index (χ1) is 12.0. The highest BCUT2D eigenvalue weighted by Crippen LogP contribution is 2.68. The molecule has 7 unspecified atom stereocenters. The van der Waals surface area contributed by atoms with Gasteiger partial charge in [0.05, 0.1) is 6.61 Å². The van der Waals surface area contributed by atoms with Gasteiger partial charge in [0.15, 0.2) is 0 Å². The van der Waals surface area contributed by atoms with Crippen LogP contribution in [0.2, 0.25) is 0 Å². The molecule has 0 saturated heterocycles. The Morgan fingerprint density at radius 3 is 2.52 bits per heavy atom. The molecular weight excluding hydrogens is 304 g/mol. The fourth-order valence-corrected chi connectivity index (χ4v) is 8.62. The average molecular weight is 347 g/mol. The summed E-state index contributed by atoms with van der Waals surface area (Å²) in [6.07, 6.45) is 14.9. The molecule has 4 aliphatic carbocycles. The van der Waals surface area contributed by atoms with E-state index in [2.05, 4.69) is 27.7 Å². The fourth-order valence-electron chi connectivity index (χ4n) is 8.62. The van der Waals surface area contributed by atoms with Crippen molar-refractivity contribution in [1.29, 1.82) is 0 Å². The van der Waals surface area contributed by atoms with Crippen molar-refractivity contribution in [2.75, 3.05) is 13.2 Å². The molecule has 0 N–H and O–H groups in total. The van der Waals surface area contributed by atoms with E-state index >= 15 is 0 Å². The summed E-state index contributed by atoms with van der Waals surface area (Å²) in [7, 11) is 0. The number of hydrogen-bond donors (Lipinski definition) is 0. The zero-order valence-corrected chi connectivity index (χ0v) is 17.4. The predicted molar refractivity (Wildman–Crippen MR) is 105 cm³/mol. The third-order valence-corrected chi connectivity index (χ3v) is 9.89. The largest absolute Gasteiger partial charge is 0.381 e. The SMILES string of the molecule is CCOC[C@]12CCC(C)CC1CCC1C3CCC(CC)C3(C)CCC12. The highest BCUT2D eigenvalue weighted by Gasteiger charge is 2.61. The van der Waals surface area contributed by atoms with Crippen molar-refractivity contribution >= 4 is 0 Å². The third-order valence-electron chi connectivity index (χ3n) is 9.89. The van der Waals surface area contributed by atoms with Gasteiger partial charge in [-0.2, -0.15) is 0 Å². The van der Waals surface area contributed by atoms with Crippen molar-refractivity contribution in [2.45, 2.75) is 91.9 Å². The Balaban J connectivity index is 1.62. The first kappa shape index (κ1) is 18.3. The molecule has 0 spiro atoms. The molecule has 0 aromatic carbocycles. The normalized spacial score (nSPS) is 52.3. The summed E-state index contributed by atoms with van der Waals surface area (Å²) in [6, 6.07) is 0. The number of hydrogen-bond acceptors (Lipinski definition) is 1. The highest BCUT2D eigenvalue weighted by molar-refractivity contribution is 5.10. The van der Waals surface area contributed by atoms with Crippen LogP contribution in [0, 0.1) is 46.3 Å². The van der Waals surface area contributed by atoms with E-state index in [0.29, 0.717) is 10.8 Å². The maximum absolute atomic E-state index is 6.20. The Bertz CT molecular complexity index is 469. The molecule has 4 aliphatic rings. The summed E-state index contributed by atoms with van der Waals surface area (Å²) in [4.78, 5) is 0. The molecule has 8 atom stereocenters. The smallest absolute Gasteiger partial charge is 0.0527 e. The van der Waals surface area contributed by atoms with E-state index in [-0.39, 0.29) is 0 Å². The van der Waals surface area contributed by atoms with E-state index in [9.17, 15) is 0 Å². The molecule has 144 valence electrons. The van der Waals surface area contributed by atoms with Gasteiger partial charge in [-0.1, -0.05) is 33.6 Å². The van der Waals surface area contributed by atoms with Crippen molar-refractivity contribution in [3.8, 4) is 0 Å². The van der Waals surface area contributed by atoms with E-state index in [4.69, 9.17) is 4.74 Å². The van der Waals surface area contributed by atoms with Gasteiger partial charge in [0.2, 0.25) is 0 Å². The summed E-state index contributed by atoms with van der Waals surface area (Å²) in [6.45, 7) is 11.8. The summed E-state index contributed by atoms with van der Waals surface area (Å²) in [5, 5.41) is 0. The monoisotopic (exact) mass is 346 g/mol. The van der Waals surface area contributed by atoms with Crippen LogP contribution in [0.3, 0.4) is 0 Å². The molecule has 0 aromatic heterocycles. The van der Waals surface area contributed by atoms with Crippen LogP contribution < -0.4 is 0 Å². The molecular formula is C24H42O. The Hall–Kier alpha value is -0.0400. The Morgan fingerprint density at radius 2 is 1.76 bits per heavy atom. The van der Waals surface area contributed by atoms with Crippen LogP contribution in [0.25, 0.3) is 0 Å². The van der Waals surface area contributed by atoms with Crippen molar-refractivity contribution in [3.63, 3.8) is 0 Å². The van der Waals surface area contributed by atoms with Gasteiger partial charge in [0.1, 0.15) is 0 Å². The summed E-state index contributed by atoms with van der Waals surface area (Å²) in [5.74, 6) is 5.91. The molecule has 1 nitrogen and oxygen atoms in total. The lowest BCUT2D eigenvalue weighted by molar-refractivity contribution is -0.154. The van der Waals surface area contributed by atoms with Crippen LogP contribution >= 0.6 is 0 Å². The summed E-state index contributed by atoms with van der Waals surface area (Å²) >= 11 is 0. The first-order valence-corrected chi connectivity index (χ1v) is 11.6. The van der Waals surface area contributed by atoms with Gasteiger partial charge in [-0.05, 0) is 105 Å². The maximum Gasteiger partial charge on any atom is 0.0527 e. The van der Waals surface area contributed by atoms with Crippen LogP contribution in [-0.4, -0.2) is 13.2 Å².